The van der Waals surface area contributed by atoms with Crippen molar-refractivity contribution < 1.29 is 0 Å². The minimum atomic E-state index is 0.513. The summed E-state index contributed by atoms with van der Waals surface area (Å²) in [5.41, 5.74) is 1.40. The zero-order valence-corrected chi connectivity index (χ0v) is 8.35. The number of allylic oxidation sites excluding steroid dienone is 2. The van der Waals surface area contributed by atoms with E-state index < -0.39 is 0 Å². The Bertz CT molecular complexity index is 326. The molecule has 1 nitrogen and oxygen atoms in total. The molecule has 0 radical (unpaired) electrons. The maximum absolute atomic E-state index is 3.06. The lowest BCUT2D eigenvalue weighted by molar-refractivity contribution is 0.635. The first-order valence-electron chi connectivity index (χ1n) is 5.02. The second kappa shape index (κ2) is 4.14. The highest BCUT2D eigenvalue weighted by Gasteiger charge is 2.14. The van der Waals surface area contributed by atoms with Crippen LogP contribution >= 0.6 is 0 Å². The van der Waals surface area contributed by atoms with Crippen LogP contribution in [0.25, 0.3) is 0 Å². The van der Waals surface area contributed by atoms with Crippen LogP contribution < -0.4 is 5.32 Å². The standard InChI is InChI=1S/C13H15N/c1-11(12-5-3-2-4-6-12)13-7-9-14-10-8-13/h2-11,13-14H,1H3. The SMILES string of the molecule is CC(c1ccccc1)C1C=CNC=C1. The van der Waals surface area contributed by atoms with Crippen molar-refractivity contribution in [1.82, 2.24) is 5.32 Å². The van der Waals surface area contributed by atoms with Crippen LogP contribution in [0, 0.1) is 5.92 Å². The third kappa shape index (κ3) is 1.87. The molecule has 1 aliphatic heterocycles. The zero-order valence-electron chi connectivity index (χ0n) is 8.35. The Labute approximate surface area is 85.2 Å². The Morgan fingerprint density at radius 3 is 2.36 bits per heavy atom. The van der Waals surface area contributed by atoms with E-state index in [1.54, 1.807) is 0 Å². The van der Waals surface area contributed by atoms with Crippen molar-refractivity contribution in [3.63, 3.8) is 0 Å². The smallest absolute Gasteiger partial charge is 0.00473 e. The van der Waals surface area contributed by atoms with Gasteiger partial charge >= 0.3 is 0 Å². The van der Waals surface area contributed by atoms with Crippen LogP contribution in [0.1, 0.15) is 18.4 Å². The molecule has 0 saturated carbocycles. The van der Waals surface area contributed by atoms with Crippen LogP contribution in [0.2, 0.25) is 0 Å². The largest absolute Gasteiger partial charge is 0.368 e. The topological polar surface area (TPSA) is 12.0 Å². The van der Waals surface area contributed by atoms with E-state index in [9.17, 15) is 0 Å². The maximum Gasteiger partial charge on any atom is 0.00473 e. The van der Waals surface area contributed by atoms with Gasteiger partial charge in [-0.1, -0.05) is 49.4 Å². The average molecular weight is 185 g/mol. The molecule has 1 atom stereocenters. The lowest BCUT2D eigenvalue weighted by atomic mass is 9.87. The fourth-order valence-electron chi connectivity index (χ4n) is 1.77. The quantitative estimate of drug-likeness (QED) is 0.746. The Morgan fingerprint density at radius 2 is 1.71 bits per heavy atom. The van der Waals surface area contributed by atoms with Crippen molar-refractivity contribution in [3.05, 3.63) is 60.4 Å². The fraction of sp³-hybridized carbons (Fsp3) is 0.231. The molecule has 0 fully saturated rings. The molecule has 0 aromatic heterocycles. The zero-order chi connectivity index (χ0) is 9.80. The second-order valence-electron chi connectivity index (χ2n) is 3.66. The van der Waals surface area contributed by atoms with E-state index in [4.69, 9.17) is 0 Å². The molecule has 1 heterocycles. The lowest BCUT2D eigenvalue weighted by Crippen LogP contribution is -2.10. The van der Waals surface area contributed by atoms with Gasteiger partial charge in [0.2, 0.25) is 0 Å². The lowest BCUT2D eigenvalue weighted by Gasteiger charge is -2.20. The Hall–Kier alpha value is -1.50. The van der Waals surface area contributed by atoms with Gasteiger partial charge in [-0.2, -0.15) is 0 Å². The van der Waals surface area contributed by atoms with E-state index >= 15 is 0 Å². The summed E-state index contributed by atoms with van der Waals surface area (Å²) < 4.78 is 0. The molecule has 1 N–H and O–H groups in total. The molecule has 1 aromatic rings. The minimum Gasteiger partial charge on any atom is -0.368 e. The van der Waals surface area contributed by atoms with Gasteiger partial charge in [0.25, 0.3) is 0 Å². The summed E-state index contributed by atoms with van der Waals surface area (Å²) in [5.74, 6) is 1.06. The van der Waals surface area contributed by atoms with E-state index in [-0.39, 0.29) is 0 Å². The fourth-order valence-corrected chi connectivity index (χ4v) is 1.77. The summed E-state index contributed by atoms with van der Waals surface area (Å²) in [7, 11) is 0. The van der Waals surface area contributed by atoms with Crippen LogP contribution in [0.15, 0.2) is 54.9 Å². The number of hydrogen-bond acceptors (Lipinski definition) is 1. The first-order valence-corrected chi connectivity index (χ1v) is 5.02. The van der Waals surface area contributed by atoms with Crippen molar-refractivity contribution in [2.75, 3.05) is 0 Å². The van der Waals surface area contributed by atoms with Crippen molar-refractivity contribution >= 4 is 0 Å². The molecule has 2 rings (SSSR count). The summed E-state index contributed by atoms with van der Waals surface area (Å²) in [4.78, 5) is 0. The van der Waals surface area contributed by atoms with Crippen molar-refractivity contribution in [2.45, 2.75) is 12.8 Å². The summed E-state index contributed by atoms with van der Waals surface area (Å²) >= 11 is 0. The Morgan fingerprint density at radius 1 is 1.07 bits per heavy atom. The van der Waals surface area contributed by atoms with Gasteiger partial charge in [0.15, 0.2) is 0 Å². The van der Waals surface area contributed by atoms with Gasteiger partial charge in [0.05, 0.1) is 0 Å². The highest BCUT2D eigenvalue weighted by Crippen LogP contribution is 2.26. The normalized spacial score (nSPS) is 17.8. The molecule has 1 unspecified atom stereocenters. The molecular weight excluding hydrogens is 170 g/mol. The number of nitrogens with one attached hydrogen (secondary N) is 1. The molecule has 0 saturated heterocycles. The highest BCUT2D eigenvalue weighted by molar-refractivity contribution is 5.24. The molecule has 72 valence electrons. The van der Waals surface area contributed by atoms with Crippen LogP contribution in [-0.2, 0) is 0 Å². The van der Waals surface area contributed by atoms with Crippen LogP contribution in [0.3, 0.4) is 0 Å². The van der Waals surface area contributed by atoms with E-state index in [1.165, 1.54) is 5.56 Å². The summed E-state index contributed by atoms with van der Waals surface area (Å²) in [6, 6.07) is 10.6. The molecule has 1 aromatic carbocycles. The monoisotopic (exact) mass is 185 g/mol. The molecule has 14 heavy (non-hydrogen) atoms. The van der Waals surface area contributed by atoms with Gasteiger partial charge in [0, 0.05) is 5.92 Å². The third-order valence-corrected chi connectivity index (χ3v) is 2.73. The first kappa shape index (κ1) is 9.07. The first-order chi connectivity index (χ1) is 6.88. The predicted molar refractivity (Wildman–Crippen MR) is 59.8 cm³/mol. The molecule has 1 aliphatic rings. The number of hydrogen-bond donors (Lipinski definition) is 1. The molecular formula is C13H15N. The van der Waals surface area contributed by atoms with Crippen LogP contribution in [0.4, 0.5) is 0 Å². The summed E-state index contributed by atoms with van der Waals surface area (Å²) in [6.07, 6.45) is 8.42. The van der Waals surface area contributed by atoms with Gasteiger partial charge in [0.1, 0.15) is 0 Å². The molecule has 0 bridgehead atoms. The Kier molecular flexibility index (Phi) is 2.68. The second-order valence-corrected chi connectivity index (χ2v) is 3.66. The summed E-state index contributed by atoms with van der Waals surface area (Å²) in [6.45, 7) is 2.26. The van der Waals surface area contributed by atoms with Gasteiger partial charge in [-0.3, -0.25) is 0 Å². The van der Waals surface area contributed by atoms with Crippen LogP contribution in [-0.4, -0.2) is 0 Å². The van der Waals surface area contributed by atoms with Crippen molar-refractivity contribution in [3.8, 4) is 0 Å². The number of rotatable bonds is 2. The minimum absolute atomic E-state index is 0.513. The number of dihydropyridines is 1. The molecule has 0 spiro atoms. The molecule has 0 aliphatic carbocycles. The van der Waals surface area contributed by atoms with E-state index in [0.29, 0.717) is 11.8 Å². The molecule has 0 amide bonds. The van der Waals surface area contributed by atoms with E-state index in [1.807, 2.05) is 12.4 Å². The van der Waals surface area contributed by atoms with Gasteiger partial charge < -0.3 is 5.32 Å². The van der Waals surface area contributed by atoms with Gasteiger partial charge in [-0.05, 0) is 23.9 Å². The molecule has 1 heteroatoms. The van der Waals surface area contributed by atoms with Crippen molar-refractivity contribution in [2.24, 2.45) is 5.92 Å². The third-order valence-electron chi connectivity index (χ3n) is 2.73. The Balaban J connectivity index is 2.15. The number of benzene rings is 1. The van der Waals surface area contributed by atoms with Gasteiger partial charge in [-0.25, -0.2) is 0 Å². The van der Waals surface area contributed by atoms with Gasteiger partial charge in [-0.15, -0.1) is 0 Å². The van der Waals surface area contributed by atoms with Crippen molar-refractivity contribution in [1.29, 1.82) is 0 Å². The van der Waals surface area contributed by atoms with E-state index in [0.717, 1.165) is 0 Å². The average Bonchev–Trinajstić information content (AvgIpc) is 2.30. The maximum atomic E-state index is 3.06. The predicted octanol–water partition coefficient (Wildman–Crippen LogP) is 3.04. The highest BCUT2D eigenvalue weighted by atomic mass is 14.8. The summed E-state index contributed by atoms with van der Waals surface area (Å²) in [5, 5.41) is 3.06. The van der Waals surface area contributed by atoms with E-state index in [2.05, 4.69) is 54.7 Å². The van der Waals surface area contributed by atoms with Crippen LogP contribution in [0.5, 0.6) is 0 Å².